The van der Waals surface area contributed by atoms with E-state index in [2.05, 4.69) is 4.74 Å². The molecule has 0 aromatic carbocycles. The molecule has 0 amide bonds. The third-order valence-electron chi connectivity index (χ3n) is 2.72. The molecule has 4 nitrogen and oxygen atoms in total. The van der Waals surface area contributed by atoms with Gasteiger partial charge in [-0.2, -0.15) is 0 Å². The highest BCUT2D eigenvalue weighted by atomic mass is 16.5. The number of carbonyl (C=O) groups excluding carboxylic acids is 1. The van der Waals surface area contributed by atoms with E-state index >= 15 is 0 Å². The topological polar surface area (TPSA) is 61.5 Å². The largest absolute Gasteiger partial charge is 0.468 e. The monoisotopic (exact) mass is 201 g/mol. The molecule has 2 N–H and O–H groups in total. The van der Waals surface area contributed by atoms with Gasteiger partial charge in [0.2, 0.25) is 0 Å². The zero-order valence-corrected chi connectivity index (χ0v) is 9.03. The Morgan fingerprint density at radius 3 is 2.36 bits per heavy atom. The average molecular weight is 201 g/mol. The van der Waals surface area contributed by atoms with Crippen molar-refractivity contribution < 1.29 is 14.3 Å². The summed E-state index contributed by atoms with van der Waals surface area (Å²) in [4.78, 5) is 11.2. The molecule has 82 valence electrons. The highest BCUT2D eigenvalue weighted by Gasteiger charge is 2.32. The van der Waals surface area contributed by atoms with Gasteiger partial charge in [-0.05, 0) is 32.6 Å². The van der Waals surface area contributed by atoms with Crippen LogP contribution in [0.5, 0.6) is 0 Å². The van der Waals surface area contributed by atoms with E-state index in [1.165, 1.54) is 7.11 Å². The predicted octanol–water partition coefficient (Wildman–Crippen LogP) is 0.690. The Morgan fingerprint density at radius 2 is 1.93 bits per heavy atom. The minimum atomic E-state index is -0.506. The van der Waals surface area contributed by atoms with Crippen molar-refractivity contribution in [1.82, 2.24) is 0 Å². The Hall–Kier alpha value is -0.610. The predicted molar refractivity (Wildman–Crippen MR) is 52.7 cm³/mol. The summed E-state index contributed by atoms with van der Waals surface area (Å²) >= 11 is 0. The molecule has 0 saturated carbocycles. The molecule has 3 unspecified atom stereocenters. The molecular weight excluding hydrogens is 182 g/mol. The van der Waals surface area contributed by atoms with Gasteiger partial charge in [-0.25, -0.2) is 0 Å². The first kappa shape index (κ1) is 11.5. The van der Waals surface area contributed by atoms with Crippen LogP contribution in [0.1, 0.15) is 26.7 Å². The van der Waals surface area contributed by atoms with Crippen LogP contribution in [0.4, 0.5) is 0 Å². The number of esters is 1. The molecule has 1 aliphatic heterocycles. The zero-order valence-electron chi connectivity index (χ0n) is 9.03. The summed E-state index contributed by atoms with van der Waals surface area (Å²) in [5.74, 6) is -0.141. The fourth-order valence-corrected chi connectivity index (χ4v) is 2.08. The second-order valence-electron chi connectivity index (χ2n) is 4.04. The zero-order chi connectivity index (χ0) is 10.7. The summed E-state index contributed by atoms with van der Waals surface area (Å²) < 4.78 is 10.2. The van der Waals surface area contributed by atoms with Gasteiger partial charge in [-0.3, -0.25) is 4.79 Å². The van der Waals surface area contributed by atoms with Gasteiger partial charge in [-0.15, -0.1) is 0 Å². The first-order chi connectivity index (χ1) is 6.54. The molecule has 0 radical (unpaired) electrons. The normalized spacial score (nSPS) is 35.0. The van der Waals surface area contributed by atoms with Gasteiger partial charge in [0.25, 0.3) is 0 Å². The molecule has 1 rings (SSSR count). The highest BCUT2D eigenvalue weighted by Crippen LogP contribution is 2.26. The molecule has 1 fully saturated rings. The average Bonchev–Trinajstić information content (AvgIpc) is 2.14. The van der Waals surface area contributed by atoms with E-state index < -0.39 is 6.04 Å². The molecular formula is C10H19NO3. The van der Waals surface area contributed by atoms with E-state index in [0.29, 0.717) is 0 Å². The van der Waals surface area contributed by atoms with Crippen LogP contribution in [0.3, 0.4) is 0 Å². The van der Waals surface area contributed by atoms with Crippen molar-refractivity contribution in [2.24, 2.45) is 11.7 Å². The van der Waals surface area contributed by atoms with Crippen LogP contribution < -0.4 is 5.73 Å². The molecule has 4 atom stereocenters. The third kappa shape index (κ3) is 2.69. The third-order valence-corrected chi connectivity index (χ3v) is 2.72. The van der Waals surface area contributed by atoms with Gasteiger partial charge in [0.1, 0.15) is 6.04 Å². The molecule has 0 aromatic heterocycles. The molecule has 0 spiro atoms. The quantitative estimate of drug-likeness (QED) is 0.668. The molecule has 0 bridgehead atoms. The van der Waals surface area contributed by atoms with Crippen molar-refractivity contribution in [3.05, 3.63) is 0 Å². The number of hydrogen-bond acceptors (Lipinski definition) is 4. The molecule has 0 aliphatic carbocycles. The van der Waals surface area contributed by atoms with Crippen LogP contribution in [0.2, 0.25) is 0 Å². The Kier molecular flexibility index (Phi) is 3.89. The number of rotatable bonds is 2. The molecule has 1 saturated heterocycles. The highest BCUT2D eigenvalue weighted by molar-refractivity contribution is 5.75. The molecule has 1 aliphatic rings. The lowest BCUT2D eigenvalue weighted by Crippen LogP contribution is -2.44. The maximum absolute atomic E-state index is 11.2. The lowest BCUT2D eigenvalue weighted by Gasteiger charge is -2.34. The Balaban J connectivity index is 2.54. The van der Waals surface area contributed by atoms with Gasteiger partial charge in [0, 0.05) is 0 Å². The molecule has 14 heavy (non-hydrogen) atoms. The van der Waals surface area contributed by atoms with E-state index in [9.17, 15) is 4.79 Å². The van der Waals surface area contributed by atoms with E-state index in [1.807, 2.05) is 13.8 Å². The Bertz CT molecular complexity index is 198. The summed E-state index contributed by atoms with van der Waals surface area (Å²) in [6.07, 6.45) is 2.03. The van der Waals surface area contributed by atoms with Crippen LogP contribution in [-0.2, 0) is 14.3 Å². The number of ether oxygens (including phenoxy) is 2. The molecule has 4 heteroatoms. The van der Waals surface area contributed by atoms with Crippen molar-refractivity contribution in [1.29, 1.82) is 0 Å². The van der Waals surface area contributed by atoms with Crippen LogP contribution in [0.25, 0.3) is 0 Å². The molecule has 0 aromatic rings. The van der Waals surface area contributed by atoms with Crippen molar-refractivity contribution in [2.45, 2.75) is 44.9 Å². The van der Waals surface area contributed by atoms with Crippen LogP contribution in [0.15, 0.2) is 0 Å². The van der Waals surface area contributed by atoms with E-state index in [-0.39, 0.29) is 24.1 Å². The standard InChI is InChI=1S/C10H19NO3/c1-6-4-8(5-7(2)14-6)9(11)10(12)13-3/h6-9H,4-5,11H2,1-3H3/t6-,7?,8?,9?/m1/s1. The summed E-state index contributed by atoms with van der Waals surface area (Å²) in [5, 5.41) is 0. The van der Waals surface area contributed by atoms with Crippen molar-refractivity contribution in [3.8, 4) is 0 Å². The van der Waals surface area contributed by atoms with E-state index in [4.69, 9.17) is 10.5 Å². The number of methoxy groups -OCH3 is 1. The first-order valence-electron chi connectivity index (χ1n) is 5.03. The minimum absolute atomic E-state index is 0.180. The maximum Gasteiger partial charge on any atom is 0.322 e. The fourth-order valence-electron chi connectivity index (χ4n) is 2.08. The molecule has 1 heterocycles. The van der Waals surface area contributed by atoms with Gasteiger partial charge in [-0.1, -0.05) is 0 Å². The van der Waals surface area contributed by atoms with Gasteiger partial charge in [0.05, 0.1) is 19.3 Å². The van der Waals surface area contributed by atoms with Crippen LogP contribution in [-0.4, -0.2) is 31.3 Å². The minimum Gasteiger partial charge on any atom is -0.468 e. The summed E-state index contributed by atoms with van der Waals surface area (Å²) in [6.45, 7) is 4.01. The lowest BCUT2D eigenvalue weighted by atomic mass is 9.87. The van der Waals surface area contributed by atoms with Gasteiger partial charge in [0.15, 0.2) is 0 Å². The SMILES string of the molecule is COC(=O)C(N)C1CC(C)O[C@H](C)C1. The summed E-state index contributed by atoms with van der Waals surface area (Å²) in [5.41, 5.74) is 5.80. The lowest BCUT2D eigenvalue weighted by molar-refractivity contribution is -0.145. The fraction of sp³-hybridized carbons (Fsp3) is 0.900. The number of carbonyl (C=O) groups is 1. The van der Waals surface area contributed by atoms with Crippen molar-refractivity contribution in [3.63, 3.8) is 0 Å². The second-order valence-corrected chi connectivity index (χ2v) is 4.04. The van der Waals surface area contributed by atoms with Gasteiger partial charge >= 0.3 is 5.97 Å². The van der Waals surface area contributed by atoms with Gasteiger partial charge < -0.3 is 15.2 Å². The summed E-state index contributed by atoms with van der Waals surface area (Å²) in [7, 11) is 1.37. The Morgan fingerprint density at radius 1 is 1.43 bits per heavy atom. The van der Waals surface area contributed by atoms with E-state index in [1.54, 1.807) is 0 Å². The van der Waals surface area contributed by atoms with E-state index in [0.717, 1.165) is 12.8 Å². The second kappa shape index (κ2) is 4.75. The van der Waals surface area contributed by atoms with Crippen molar-refractivity contribution >= 4 is 5.97 Å². The Labute approximate surface area is 84.7 Å². The van der Waals surface area contributed by atoms with Crippen molar-refractivity contribution in [2.75, 3.05) is 7.11 Å². The summed E-state index contributed by atoms with van der Waals surface area (Å²) in [6, 6.07) is -0.506. The maximum atomic E-state index is 11.2. The van der Waals surface area contributed by atoms with Crippen LogP contribution >= 0.6 is 0 Å². The smallest absolute Gasteiger partial charge is 0.322 e. The number of nitrogens with two attached hydrogens (primary N) is 1. The first-order valence-corrected chi connectivity index (χ1v) is 5.03. The number of hydrogen-bond donors (Lipinski definition) is 1. The van der Waals surface area contributed by atoms with Crippen LogP contribution in [0, 0.1) is 5.92 Å².